The number of pyridine rings is 1. The molecule has 2 aliphatic rings. The van der Waals surface area contributed by atoms with Crippen molar-refractivity contribution >= 4 is 18.3 Å². The summed E-state index contributed by atoms with van der Waals surface area (Å²) in [7, 11) is 7.26. The second kappa shape index (κ2) is 10.3. The lowest BCUT2D eigenvalue weighted by molar-refractivity contribution is -0.122. The summed E-state index contributed by atoms with van der Waals surface area (Å²) >= 11 is 0. The minimum absolute atomic E-state index is 0.0776. The maximum Gasteiger partial charge on any atom is 0.339 e. The van der Waals surface area contributed by atoms with Gasteiger partial charge in [-0.2, -0.15) is 0 Å². The number of carbonyl (C=O) groups excluding carboxylic acids is 2. The smallest absolute Gasteiger partial charge is 0.339 e. The lowest BCUT2D eigenvalue weighted by Gasteiger charge is -2.40. The number of nitrogens with zero attached hydrogens (tertiary/aromatic N) is 3. The Morgan fingerprint density at radius 1 is 1.21 bits per heavy atom. The third-order valence-electron chi connectivity index (χ3n) is 5.74. The molecule has 1 N–H and O–H groups in total. The Balaban J connectivity index is 0.000000941. The number of carboxylic acid groups (broad SMARTS) is 1. The fraction of sp³-hybridized carbons (Fsp3) is 0.600. The first kappa shape index (κ1) is 22.8. The van der Waals surface area contributed by atoms with Crippen molar-refractivity contribution in [2.45, 2.75) is 25.0 Å². The van der Waals surface area contributed by atoms with E-state index in [0.29, 0.717) is 29.1 Å². The summed E-state index contributed by atoms with van der Waals surface area (Å²) in [5, 5.41) is 6.89. The molecular weight excluding hydrogens is 378 g/mol. The Kier molecular flexibility index (Phi) is 8.10. The predicted octanol–water partition coefficient (Wildman–Crippen LogP) is 0.996. The van der Waals surface area contributed by atoms with Crippen LogP contribution >= 0.6 is 0 Å². The van der Waals surface area contributed by atoms with Crippen molar-refractivity contribution in [2.75, 3.05) is 41.4 Å². The zero-order valence-electron chi connectivity index (χ0n) is 17.3. The van der Waals surface area contributed by atoms with E-state index in [4.69, 9.17) is 14.6 Å². The van der Waals surface area contributed by atoms with Crippen LogP contribution in [0.3, 0.4) is 0 Å². The molecule has 4 atom stereocenters. The van der Waals surface area contributed by atoms with E-state index in [1.807, 2.05) is 4.90 Å². The molecule has 9 heteroatoms. The highest BCUT2D eigenvalue weighted by atomic mass is 16.5. The van der Waals surface area contributed by atoms with Crippen LogP contribution in [0.2, 0.25) is 0 Å². The molecule has 1 aliphatic heterocycles. The standard InChI is InChI=1S/C19H27N3O4.CH2O2/c1-21(2)16-7-13-10-22(11-14(13)8-17(16)25-3)18(23)15-6-5-12(9-20-15)19(24)26-4;2-1-3/h5-6,9,13-14,16-17H,7-8,10-11H2,1-4H3;1H,(H,2,3)/t13-,14+,16-,17-;/m1./s1. The fourth-order valence-electron chi connectivity index (χ4n) is 4.27. The summed E-state index contributed by atoms with van der Waals surface area (Å²) in [6.45, 7) is 1.24. The lowest BCUT2D eigenvalue weighted by atomic mass is 9.77. The van der Waals surface area contributed by atoms with E-state index < -0.39 is 5.97 Å². The van der Waals surface area contributed by atoms with Crippen molar-refractivity contribution in [3.8, 4) is 0 Å². The molecule has 0 bridgehead atoms. The third-order valence-corrected chi connectivity index (χ3v) is 5.74. The van der Waals surface area contributed by atoms with E-state index >= 15 is 0 Å². The van der Waals surface area contributed by atoms with Gasteiger partial charge in [0.05, 0.1) is 18.8 Å². The number of likely N-dealkylation sites (N-methyl/N-ethyl adjacent to an activating group) is 1. The summed E-state index contributed by atoms with van der Waals surface area (Å²) in [5.41, 5.74) is 0.708. The van der Waals surface area contributed by atoms with Crippen LogP contribution in [0.4, 0.5) is 0 Å². The molecule has 0 spiro atoms. The molecule has 1 aromatic rings. The van der Waals surface area contributed by atoms with Gasteiger partial charge < -0.3 is 24.4 Å². The molecule has 29 heavy (non-hydrogen) atoms. The first-order valence-corrected chi connectivity index (χ1v) is 9.46. The number of carbonyl (C=O) groups is 3. The van der Waals surface area contributed by atoms with E-state index in [9.17, 15) is 9.59 Å². The number of aromatic nitrogens is 1. The van der Waals surface area contributed by atoms with Crippen LogP contribution < -0.4 is 0 Å². The number of hydrogen-bond acceptors (Lipinski definition) is 7. The van der Waals surface area contributed by atoms with Gasteiger partial charge in [0.25, 0.3) is 12.4 Å². The number of amides is 1. The number of ether oxygens (including phenoxy) is 2. The average Bonchev–Trinajstić information content (AvgIpc) is 3.15. The summed E-state index contributed by atoms with van der Waals surface area (Å²) in [5.74, 6) is 0.428. The molecule has 1 aromatic heterocycles. The number of likely N-dealkylation sites (tertiary alicyclic amines) is 1. The van der Waals surface area contributed by atoms with Crippen LogP contribution in [-0.4, -0.2) is 91.8 Å². The second-order valence-corrected chi connectivity index (χ2v) is 7.54. The van der Waals surface area contributed by atoms with Crippen molar-refractivity contribution in [2.24, 2.45) is 11.8 Å². The van der Waals surface area contributed by atoms with Gasteiger partial charge in [-0.05, 0) is 50.9 Å². The Hall–Kier alpha value is -2.52. The van der Waals surface area contributed by atoms with Gasteiger partial charge in [0, 0.05) is 32.4 Å². The molecule has 1 saturated heterocycles. The summed E-state index contributed by atoms with van der Waals surface area (Å²) in [4.78, 5) is 40.9. The molecule has 0 aromatic carbocycles. The normalized spacial score (nSPS) is 25.6. The van der Waals surface area contributed by atoms with Crippen LogP contribution in [0.1, 0.15) is 33.7 Å². The Labute approximate surface area is 170 Å². The van der Waals surface area contributed by atoms with Gasteiger partial charge in [-0.25, -0.2) is 4.79 Å². The number of methoxy groups -OCH3 is 2. The number of fused-ring (bicyclic) bond motifs is 1. The van der Waals surface area contributed by atoms with Crippen molar-refractivity contribution in [3.05, 3.63) is 29.6 Å². The lowest BCUT2D eigenvalue weighted by Crippen LogP contribution is -2.47. The number of rotatable bonds is 4. The van der Waals surface area contributed by atoms with E-state index in [1.54, 1.807) is 19.2 Å². The molecular formula is C20H29N3O6. The molecule has 3 rings (SSSR count). The van der Waals surface area contributed by atoms with Crippen LogP contribution in [0.5, 0.6) is 0 Å². The second-order valence-electron chi connectivity index (χ2n) is 7.54. The molecule has 9 nitrogen and oxygen atoms in total. The molecule has 1 saturated carbocycles. The number of esters is 1. The van der Waals surface area contributed by atoms with Crippen LogP contribution in [0, 0.1) is 11.8 Å². The summed E-state index contributed by atoms with van der Waals surface area (Å²) < 4.78 is 10.4. The van der Waals surface area contributed by atoms with Gasteiger partial charge >= 0.3 is 5.97 Å². The van der Waals surface area contributed by atoms with E-state index in [2.05, 4.69) is 28.7 Å². The van der Waals surface area contributed by atoms with E-state index in [1.165, 1.54) is 13.3 Å². The maximum atomic E-state index is 12.8. The number of hydrogen-bond donors (Lipinski definition) is 1. The summed E-state index contributed by atoms with van der Waals surface area (Å²) in [6, 6.07) is 3.56. The molecule has 1 aliphatic carbocycles. The monoisotopic (exact) mass is 407 g/mol. The maximum absolute atomic E-state index is 12.8. The predicted molar refractivity (Wildman–Crippen MR) is 105 cm³/mol. The largest absolute Gasteiger partial charge is 0.483 e. The van der Waals surface area contributed by atoms with Crippen molar-refractivity contribution in [3.63, 3.8) is 0 Å². The van der Waals surface area contributed by atoms with Gasteiger partial charge in [-0.1, -0.05) is 0 Å². The first-order valence-electron chi connectivity index (χ1n) is 9.46. The van der Waals surface area contributed by atoms with Gasteiger partial charge in [0.15, 0.2) is 0 Å². The molecule has 1 amide bonds. The SMILES string of the molecule is COC(=O)c1ccc(C(=O)N2C[C@H]3C[C@@H](N(C)C)[C@H](OC)C[C@H]3C2)nc1.O=CO. The highest BCUT2D eigenvalue weighted by molar-refractivity contribution is 5.94. The van der Waals surface area contributed by atoms with Gasteiger partial charge in [-0.15, -0.1) is 0 Å². The van der Waals surface area contributed by atoms with E-state index in [-0.39, 0.29) is 18.5 Å². The van der Waals surface area contributed by atoms with Gasteiger partial charge in [0.2, 0.25) is 0 Å². The van der Waals surface area contributed by atoms with Crippen molar-refractivity contribution in [1.82, 2.24) is 14.8 Å². The van der Waals surface area contributed by atoms with Gasteiger partial charge in [-0.3, -0.25) is 14.6 Å². The highest BCUT2D eigenvalue weighted by Gasteiger charge is 2.44. The quantitative estimate of drug-likeness (QED) is 0.581. The zero-order chi connectivity index (χ0) is 21.6. The minimum atomic E-state index is -0.455. The van der Waals surface area contributed by atoms with Crippen molar-refractivity contribution in [1.29, 1.82) is 0 Å². The van der Waals surface area contributed by atoms with Crippen molar-refractivity contribution < 1.29 is 29.0 Å². The van der Waals surface area contributed by atoms with E-state index in [0.717, 1.165) is 25.9 Å². The van der Waals surface area contributed by atoms with Gasteiger partial charge in [0.1, 0.15) is 5.69 Å². The summed E-state index contributed by atoms with van der Waals surface area (Å²) in [6.07, 6.45) is 3.61. The Morgan fingerprint density at radius 3 is 2.31 bits per heavy atom. The minimum Gasteiger partial charge on any atom is -0.483 e. The van der Waals surface area contributed by atoms with Crippen LogP contribution in [0.25, 0.3) is 0 Å². The molecule has 0 radical (unpaired) electrons. The third kappa shape index (κ3) is 5.30. The first-order chi connectivity index (χ1) is 13.9. The molecule has 2 fully saturated rings. The highest BCUT2D eigenvalue weighted by Crippen LogP contribution is 2.39. The van der Waals surface area contributed by atoms with Crippen LogP contribution in [0.15, 0.2) is 18.3 Å². The molecule has 2 heterocycles. The topological polar surface area (TPSA) is 109 Å². The Morgan fingerprint density at radius 2 is 1.83 bits per heavy atom. The molecule has 0 unspecified atom stereocenters. The Bertz CT molecular complexity index is 709. The molecule has 160 valence electrons. The van der Waals surface area contributed by atoms with Crippen LogP contribution in [-0.2, 0) is 14.3 Å². The zero-order valence-corrected chi connectivity index (χ0v) is 17.3. The average molecular weight is 407 g/mol. The fourth-order valence-corrected chi connectivity index (χ4v) is 4.27.